The van der Waals surface area contributed by atoms with Crippen LogP contribution < -0.4 is 10.1 Å². The topological polar surface area (TPSA) is 64.4 Å². The third-order valence-corrected chi connectivity index (χ3v) is 3.04. The minimum Gasteiger partial charge on any atom is -0.486 e. The van der Waals surface area contributed by atoms with Crippen LogP contribution in [0.5, 0.6) is 5.75 Å². The average Bonchev–Trinajstić information content (AvgIpc) is 2.47. The van der Waals surface area contributed by atoms with Crippen LogP contribution in [0.15, 0.2) is 36.4 Å². The van der Waals surface area contributed by atoms with Gasteiger partial charge in [-0.15, -0.1) is 0 Å². The molecule has 0 saturated carbocycles. The van der Waals surface area contributed by atoms with Crippen LogP contribution in [0.3, 0.4) is 0 Å². The molecule has 21 heavy (non-hydrogen) atoms. The third kappa shape index (κ3) is 3.47. The average molecular weight is 290 g/mol. The number of nitro groups is 1. The highest BCUT2D eigenvalue weighted by Crippen LogP contribution is 2.25. The minimum absolute atomic E-state index is 0.0303. The molecule has 2 aromatic carbocycles. The smallest absolute Gasteiger partial charge is 0.269 e. The predicted octanol–water partition coefficient (Wildman–Crippen LogP) is 3.66. The van der Waals surface area contributed by atoms with Gasteiger partial charge in [0.25, 0.3) is 5.69 Å². The van der Waals surface area contributed by atoms with Gasteiger partial charge < -0.3 is 10.1 Å². The van der Waals surface area contributed by atoms with E-state index in [1.165, 1.54) is 18.2 Å². The van der Waals surface area contributed by atoms with E-state index in [0.29, 0.717) is 11.3 Å². The highest BCUT2D eigenvalue weighted by molar-refractivity contribution is 5.55. The number of nitrogens with one attached hydrogen (secondary N) is 1. The maximum absolute atomic E-state index is 13.6. The Bertz CT molecular complexity index is 674. The molecule has 0 radical (unpaired) electrons. The van der Waals surface area contributed by atoms with E-state index in [9.17, 15) is 14.5 Å². The van der Waals surface area contributed by atoms with Crippen molar-refractivity contribution in [2.45, 2.75) is 13.5 Å². The Kier molecular flexibility index (Phi) is 4.37. The van der Waals surface area contributed by atoms with Crippen molar-refractivity contribution in [1.29, 1.82) is 0 Å². The van der Waals surface area contributed by atoms with Gasteiger partial charge in [0.2, 0.25) is 0 Å². The molecular weight excluding hydrogens is 275 g/mol. The van der Waals surface area contributed by atoms with Crippen LogP contribution >= 0.6 is 0 Å². The zero-order chi connectivity index (χ0) is 15.4. The Morgan fingerprint density at radius 3 is 2.71 bits per heavy atom. The van der Waals surface area contributed by atoms with E-state index in [2.05, 4.69) is 5.32 Å². The molecule has 0 bridgehead atoms. The van der Waals surface area contributed by atoms with Crippen molar-refractivity contribution in [3.8, 4) is 5.75 Å². The number of hydrogen-bond acceptors (Lipinski definition) is 4. The largest absolute Gasteiger partial charge is 0.486 e. The lowest BCUT2D eigenvalue weighted by molar-refractivity contribution is -0.384. The number of aryl methyl sites for hydroxylation is 1. The first-order chi connectivity index (χ1) is 10.0. The van der Waals surface area contributed by atoms with Crippen LogP contribution in [0, 0.1) is 22.9 Å². The zero-order valence-corrected chi connectivity index (χ0v) is 11.7. The Hall–Kier alpha value is -2.63. The van der Waals surface area contributed by atoms with E-state index in [1.807, 2.05) is 6.92 Å². The second-order valence-corrected chi connectivity index (χ2v) is 4.57. The summed E-state index contributed by atoms with van der Waals surface area (Å²) in [5.74, 6) is -0.333. The van der Waals surface area contributed by atoms with Crippen LogP contribution in [0.1, 0.15) is 11.1 Å². The standard InChI is InChI=1S/C15H15FN2O3/c1-10-3-5-13(16)15(7-10)21-9-11-8-12(18(19)20)4-6-14(11)17-2/h3-8,17H,9H2,1-2H3. The van der Waals surface area contributed by atoms with Crippen LogP contribution in [0.25, 0.3) is 0 Å². The van der Waals surface area contributed by atoms with Gasteiger partial charge in [0.15, 0.2) is 11.6 Å². The fourth-order valence-electron chi connectivity index (χ4n) is 1.93. The van der Waals surface area contributed by atoms with E-state index >= 15 is 0 Å². The monoisotopic (exact) mass is 290 g/mol. The number of nitrogens with zero attached hydrogens (tertiary/aromatic N) is 1. The molecule has 0 aliphatic rings. The zero-order valence-electron chi connectivity index (χ0n) is 11.7. The van der Waals surface area contributed by atoms with Crippen molar-refractivity contribution in [3.63, 3.8) is 0 Å². The second kappa shape index (κ2) is 6.21. The van der Waals surface area contributed by atoms with Gasteiger partial charge in [-0.25, -0.2) is 4.39 Å². The van der Waals surface area contributed by atoms with Gasteiger partial charge in [0.1, 0.15) is 6.61 Å². The molecule has 0 fully saturated rings. The summed E-state index contributed by atoms with van der Waals surface area (Å²) in [5, 5.41) is 13.7. The molecule has 0 spiro atoms. The molecule has 2 rings (SSSR count). The van der Waals surface area contributed by atoms with Gasteiger partial charge in [0.05, 0.1) is 4.92 Å². The number of nitro benzene ring substituents is 1. The van der Waals surface area contributed by atoms with Crippen molar-refractivity contribution in [2.24, 2.45) is 0 Å². The minimum atomic E-state index is -0.476. The summed E-state index contributed by atoms with van der Waals surface area (Å²) in [6.07, 6.45) is 0. The fourth-order valence-corrected chi connectivity index (χ4v) is 1.93. The van der Waals surface area contributed by atoms with Gasteiger partial charge in [-0.3, -0.25) is 10.1 Å². The maximum Gasteiger partial charge on any atom is 0.269 e. The summed E-state index contributed by atoms with van der Waals surface area (Å²) in [4.78, 5) is 10.3. The summed E-state index contributed by atoms with van der Waals surface area (Å²) in [6.45, 7) is 1.87. The number of non-ortho nitro benzene ring substituents is 1. The molecular formula is C15H15FN2O3. The highest BCUT2D eigenvalue weighted by atomic mass is 19.1. The van der Waals surface area contributed by atoms with Crippen molar-refractivity contribution in [1.82, 2.24) is 0 Å². The number of ether oxygens (including phenoxy) is 1. The van der Waals surface area contributed by atoms with Crippen molar-refractivity contribution >= 4 is 11.4 Å². The quantitative estimate of drug-likeness (QED) is 0.674. The predicted molar refractivity (Wildman–Crippen MR) is 78.1 cm³/mol. The number of hydrogen-bond donors (Lipinski definition) is 1. The number of anilines is 1. The second-order valence-electron chi connectivity index (χ2n) is 4.57. The van der Waals surface area contributed by atoms with Gasteiger partial charge >= 0.3 is 0 Å². The normalized spacial score (nSPS) is 10.2. The van der Waals surface area contributed by atoms with Crippen LogP contribution in [-0.4, -0.2) is 12.0 Å². The highest BCUT2D eigenvalue weighted by Gasteiger charge is 2.12. The molecule has 0 amide bonds. The Labute approximate surface area is 121 Å². The molecule has 2 aromatic rings. The summed E-state index contributed by atoms with van der Waals surface area (Å²) in [6, 6.07) is 8.99. The van der Waals surface area contributed by atoms with Crippen molar-refractivity contribution in [2.75, 3.05) is 12.4 Å². The first kappa shape index (κ1) is 14.8. The summed E-state index contributed by atoms with van der Waals surface area (Å²) < 4.78 is 19.1. The van der Waals surface area contributed by atoms with Gasteiger partial charge in [-0.05, 0) is 30.7 Å². The lowest BCUT2D eigenvalue weighted by Gasteiger charge is -2.11. The van der Waals surface area contributed by atoms with Crippen LogP contribution in [0.2, 0.25) is 0 Å². The molecule has 0 atom stereocenters. The van der Waals surface area contributed by atoms with E-state index < -0.39 is 10.7 Å². The van der Waals surface area contributed by atoms with Crippen molar-refractivity contribution < 1.29 is 14.1 Å². The molecule has 110 valence electrons. The first-order valence-corrected chi connectivity index (χ1v) is 6.35. The van der Waals surface area contributed by atoms with Crippen LogP contribution in [-0.2, 0) is 6.61 Å². The number of rotatable bonds is 5. The maximum atomic E-state index is 13.6. The molecule has 0 aromatic heterocycles. The molecule has 0 heterocycles. The summed E-state index contributed by atoms with van der Waals surface area (Å²) >= 11 is 0. The Morgan fingerprint density at radius 1 is 1.29 bits per heavy atom. The van der Waals surface area contributed by atoms with E-state index in [1.54, 1.807) is 25.2 Å². The Morgan fingerprint density at radius 2 is 2.05 bits per heavy atom. The van der Waals surface area contributed by atoms with Gasteiger partial charge in [0, 0.05) is 30.4 Å². The third-order valence-electron chi connectivity index (χ3n) is 3.04. The molecule has 0 unspecified atom stereocenters. The molecule has 0 aliphatic heterocycles. The first-order valence-electron chi connectivity index (χ1n) is 6.35. The van der Waals surface area contributed by atoms with Gasteiger partial charge in [-0.2, -0.15) is 0 Å². The molecule has 1 N–H and O–H groups in total. The lowest BCUT2D eigenvalue weighted by atomic mass is 10.1. The number of halogens is 1. The summed E-state index contributed by atoms with van der Waals surface area (Å²) in [5.41, 5.74) is 2.14. The van der Waals surface area contributed by atoms with Crippen molar-refractivity contribution in [3.05, 3.63) is 63.5 Å². The molecule has 6 heteroatoms. The molecule has 5 nitrogen and oxygen atoms in total. The van der Waals surface area contributed by atoms with E-state index in [-0.39, 0.29) is 18.0 Å². The lowest BCUT2D eigenvalue weighted by Crippen LogP contribution is -2.03. The molecule has 0 aliphatic carbocycles. The van der Waals surface area contributed by atoms with E-state index in [0.717, 1.165) is 5.56 Å². The summed E-state index contributed by atoms with van der Waals surface area (Å²) in [7, 11) is 1.71. The number of benzene rings is 2. The SMILES string of the molecule is CNc1ccc([N+](=O)[O-])cc1COc1cc(C)ccc1F. The van der Waals surface area contributed by atoms with Gasteiger partial charge in [-0.1, -0.05) is 6.07 Å². The van der Waals surface area contributed by atoms with E-state index in [4.69, 9.17) is 4.74 Å². The molecule has 0 saturated heterocycles. The fraction of sp³-hybridized carbons (Fsp3) is 0.200. The Balaban J connectivity index is 2.24. The van der Waals surface area contributed by atoms with Crippen LogP contribution in [0.4, 0.5) is 15.8 Å².